The largest absolute Gasteiger partial charge is 0.456 e. The fraction of sp³-hybridized carbons (Fsp3) is 0. The fourth-order valence-electron chi connectivity index (χ4n) is 7.66. The third-order valence-electron chi connectivity index (χ3n) is 10.3. The maximum Gasteiger partial charge on any atom is 0.135 e. The highest BCUT2D eigenvalue weighted by Crippen LogP contribution is 2.42. The van der Waals surface area contributed by atoms with E-state index in [0.29, 0.717) is 0 Å². The Morgan fingerprint density at radius 2 is 0.865 bits per heavy atom. The summed E-state index contributed by atoms with van der Waals surface area (Å²) in [6, 6.07) is 71.8. The zero-order valence-electron chi connectivity index (χ0n) is 28.4. The maximum atomic E-state index is 6.10. The Hall–Kier alpha value is -6.90. The average Bonchev–Trinajstić information content (AvgIpc) is 3.60. The summed E-state index contributed by atoms with van der Waals surface area (Å²) in [6.45, 7) is 0. The van der Waals surface area contributed by atoms with Gasteiger partial charge in [0.25, 0.3) is 0 Å². The Labute approximate surface area is 302 Å². The molecular weight excluding hydrogens is 631 g/mol. The molecule has 244 valence electrons. The molecule has 0 aliphatic carbocycles. The van der Waals surface area contributed by atoms with Crippen LogP contribution in [0.4, 0.5) is 17.1 Å². The van der Waals surface area contributed by atoms with Crippen LogP contribution in [0.2, 0.25) is 0 Å². The highest BCUT2D eigenvalue weighted by molar-refractivity contribution is 6.09. The second-order valence-corrected chi connectivity index (χ2v) is 13.3. The first kappa shape index (κ1) is 30.0. The van der Waals surface area contributed by atoms with Gasteiger partial charge in [-0.3, -0.25) is 0 Å². The highest BCUT2D eigenvalue weighted by Gasteiger charge is 2.18. The van der Waals surface area contributed by atoms with Crippen molar-refractivity contribution < 1.29 is 4.42 Å². The summed E-state index contributed by atoms with van der Waals surface area (Å²) < 4.78 is 6.10. The summed E-state index contributed by atoms with van der Waals surface area (Å²) >= 11 is 0. The normalized spacial score (nSPS) is 11.5. The van der Waals surface area contributed by atoms with Gasteiger partial charge in [0.15, 0.2) is 0 Å². The molecule has 10 aromatic rings. The van der Waals surface area contributed by atoms with E-state index in [4.69, 9.17) is 4.42 Å². The summed E-state index contributed by atoms with van der Waals surface area (Å²) in [5.74, 6) is 0. The zero-order valence-corrected chi connectivity index (χ0v) is 28.4. The van der Waals surface area contributed by atoms with Gasteiger partial charge in [0, 0.05) is 27.7 Å². The Balaban J connectivity index is 1.05. The molecule has 0 aliphatic heterocycles. The summed E-state index contributed by atoms with van der Waals surface area (Å²) in [6.07, 6.45) is 0. The quantitative estimate of drug-likeness (QED) is 0.165. The Bertz CT molecular complexity index is 2890. The van der Waals surface area contributed by atoms with E-state index < -0.39 is 0 Å². The smallest absolute Gasteiger partial charge is 0.135 e. The number of benzene rings is 9. The predicted molar refractivity (Wildman–Crippen MR) is 220 cm³/mol. The van der Waals surface area contributed by atoms with Gasteiger partial charge in [0.2, 0.25) is 0 Å². The van der Waals surface area contributed by atoms with Crippen molar-refractivity contribution in [1.82, 2.24) is 0 Å². The van der Waals surface area contributed by atoms with Gasteiger partial charge in [-0.15, -0.1) is 0 Å². The monoisotopic (exact) mass is 663 g/mol. The second-order valence-electron chi connectivity index (χ2n) is 13.3. The molecule has 0 bridgehead atoms. The molecule has 2 nitrogen and oxygen atoms in total. The van der Waals surface area contributed by atoms with Crippen molar-refractivity contribution in [3.63, 3.8) is 0 Å². The zero-order chi connectivity index (χ0) is 34.4. The molecule has 0 amide bonds. The van der Waals surface area contributed by atoms with Crippen LogP contribution in [0.3, 0.4) is 0 Å². The highest BCUT2D eigenvalue weighted by atomic mass is 16.3. The number of hydrogen-bond donors (Lipinski definition) is 0. The lowest BCUT2D eigenvalue weighted by Crippen LogP contribution is -2.11. The lowest BCUT2D eigenvalue weighted by molar-refractivity contribution is 0.669. The van der Waals surface area contributed by atoms with Crippen molar-refractivity contribution in [2.24, 2.45) is 0 Å². The minimum absolute atomic E-state index is 0.908. The Morgan fingerprint density at radius 1 is 0.308 bits per heavy atom. The molecule has 52 heavy (non-hydrogen) atoms. The molecule has 0 N–H and O–H groups in total. The van der Waals surface area contributed by atoms with Gasteiger partial charge in [-0.05, 0) is 104 Å². The van der Waals surface area contributed by atoms with Gasteiger partial charge in [-0.1, -0.05) is 146 Å². The van der Waals surface area contributed by atoms with Crippen molar-refractivity contribution in [1.29, 1.82) is 0 Å². The molecule has 0 spiro atoms. The molecule has 0 radical (unpaired) electrons. The minimum Gasteiger partial charge on any atom is -0.456 e. The fourth-order valence-corrected chi connectivity index (χ4v) is 7.66. The Morgan fingerprint density at radius 3 is 1.65 bits per heavy atom. The molecule has 9 aromatic carbocycles. The second kappa shape index (κ2) is 12.5. The molecule has 0 fully saturated rings. The van der Waals surface area contributed by atoms with Crippen LogP contribution in [0, 0.1) is 0 Å². The van der Waals surface area contributed by atoms with Gasteiger partial charge in [0.05, 0.1) is 5.69 Å². The van der Waals surface area contributed by atoms with E-state index in [1.165, 1.54) is 43.8 Å². The van der Waals surface area contributed by atoms with Gasteiger partial charge in [0.1, 0.15) is 11.2 Å². The summed E-state index contributed by atoms with van der Waals surface area (Å²) in [4.78, 5) is 2.37. The topological polar surface area (TPSA) is 16.4 Å². The molecule has 1 heterocycles. The number of hydrogen-bond acceptors (Lipinski definition) is 2. The lowest BCUT2D eigenvalue weighted by atomic mass is 9.97. The number of rotatable bonds is 6. The number of fused-ring (bicyclic) bond motifs is 6. The van der Waals surface area contributed by atoms with Crippen molar-refractivity contribution >= 4 is 60.5 Å². The van der Waals surface area contributed by atoms with E-state index in [0.717, 1.165) is 50.1 Å². The number of anilines is 3. The molecule has 0 saturated carbocycles. The lowest BCUT2D eigenvalue weighted by Gasteiger charge is -2.28. The molecule has 2 heteroatoms. The van der Waals surface area contributed by atoms with Crippen LogP contribution in [0.1, 0.15) is 0 Å². The molecule has 0 aliphatic rings. The number of furan rings is 1. The van der Waals surface area contributed by atoms with E-state index in [9.17, 15) is 0 Å². The van der Waals surface area contributed by atoms with E-state index in [2.05, 4.69) is 193 Å². The van der Waals surface area contributed by atoms with Crippen molar-refractivity contribution in [3.05, 3.63) is 200 Å². The predicted octanol–water partition coefficient (Wildman–Crippen LogP) is 14.4. The summed E-state index contributed by atoms with van der Waals surface area (Å²) in [5, 5.41) is 7.36. The van der Waals surface area contributed by atoms with E-state index in [1.54, 1.807) is 0 Å². The van der Waals surface area contributed by atoms with Crippen LogP contribution in [0.5, 0.6) is 0 Å². The van der Waals surface area contributed by atoms with Crippen LogP contribution in [0.15, 0.2) is 205 Å². The van der Waals surface area contributed by atoms with Crippen LogP contribution < -0.4 is 4.90 Å². The molecule has 0 unspecified atom stereocenters. The first-order valence-electron chi connectivity index (χ1n) is 17.8. The van der Waals surface area contributed by atoms with Crippen molar-refractivity contribution in [2.75, 3.05) is 4.90 Å². The first-order chi connectivity index (χ1) is 25.8. The van der Waals surface area contributed by atoms with Crippen LogP contribution in [-0.4, -0.2) is 0 Å². The number of nitrogens with zero attached hydrogens (tertiary/aromatic N) is 1. The van der Waals surface area contributed by atoms with Gasteiger partial charge >= 0.3 is 0 Å². The summed E-state index contributed by atoms with van der Waals surface area (Å²) in [5.41, 5.74) is 12.2. The van der Waals surface area contributed by atoms with Gasteiger partial charge in [-0.2, -0.15) is 0 Å². The third kappa shape index (κ3) is 5.21. The molecule has 0 atom stereocenters. The van der Waals surface area contributed by atoms with Crippen molar-refractivity contribution in [3.8, 4) is 33.4 Å². The SMILES string of the molecule is c1ccc(-c2ccccc2N(c2ccc(-c3ccc4c(ccc5ccccc54)c3)cc2)c2ccc(-c3ccc4oc5ccccc5c4c3)cc2)cc1. The maximum absolute atomic E-state index is 6.10. The first-order valence-corrected chi connectivity index (χ1v) is 17.8. The molecule has 10 rings (SSSR count). The third-order valence-corrected chi connectivity index (χ3v) is 10.3. The van der Waals surface area contributed by atoms with Crippen LogP contribution >= 0.6 is 0 Å². The molecule has 0 saturated heterocycles. The Kier molecular flexibility index (Phi) is 7.18. The molecular formula is C50H33NO. The average molecular weight is 664 g/mol. The number of para-hydroxylation sites is 2. The van der Waals surface area contributed by atoms with E-state index in [-0.39, 0.29) is 0 Å². The van der Waals surface area contributed by atoms with E-state index >= 15 is 0 Å². The van der Waals surface area contributed by atoms with Crippen molar-refractivity contribution in [2.45, 2.75) is 0 Å². The minimum atomic E-state index is 0.908. The summed E-state index contributed by atoms with van der Waals surface area (Å²) in [7, 11) is 0. The van der Waals surface area contributed by atoms with Gasteiger partial charge in [-0.25, -0.2) is 0 Å². The van der Waals surface area contributed by atoms with Gasteiger partial charge < -0.3 is 9.32 Å². The molecule has 1 aromatic heterocycles. The van der Waals surface area contributed by atoms with Crippen LogP contribution in [-0.2, 0) is 0 Å². The van der Waals surface area contributed by atoms with E-state index in [1.807, 2.05) is 12.1 Å². The van der Waals surface area contributed by atoms with Crippen LogP contribution in [0.25, 0.3) is 76.9 Å². The standard InChI is InChI=1S/C50H33NO/c1-2-10-36(11-3-1)45-14-6-8-16-48(45)51(42-28-22-35(23-29-42)39-25-31-50-47(33-39)46-15-7-9-17-49(46)52-50)41-26-20-34(21-27-41)38-24-30-44-40(32-38)19-18-37-12-4-5-13-43(37)44/h1-33H.